The quantitative estimate of drug-likeness (QED) is 0.647. The molecule has 5 heteroatoms. The van der Waals surface area contributed by atoms with Gasteiger partial charge in [0.15, 0.2) is 0 Å². The molecule has 1 aliphatic heterocycles. The minimum absolute atomic E-state index is 0.321. The Hall–Kier alpha value is -1.36. The van der Waals surface area contributed by atoms with Crippen LogP contribution in [0.1, 0.15) is 23.7 Å². The van der Waals surface area contributed by atoms with Gasteiger partial charge in [-0.05, 0) is 37.3 Å². The fourth-order valence-electron chi connectivity index (χ4n) is 1.93. The lowest BCUT2D eigenvalue weighted by molar-refractivity contribution is 0.0527. The van der Waals surface area contributed by atoms with E-state index in [9.17, 15) is 4.79 Å². The Bertz CT molecular complexity index is 431. The van der Waals surface area contributed by atoms with Gasteiger partial charge in [-0.1, -0.05) is 0 Å². The predicted molar refractivity (Wildman–Crippen MR) is 76.2 cm³/mol. The van der Waals surface area contributed by atoms with Crippen LogP contribution in [0.4, 0.5) is 11.4 Å². The number of hydrogen-bond donors (Lipinski definition) is 2. The third-order valence-electron chi connectivity index (χ3n) is 2.83. The molecular weight excluding hydrogens is 248 g/mol. The van der Waals surface area contributed by atoms with Crippen LogP contribution >= 0.6 is 11.8 Å². The monoisotopic (exact) mass is 266 g/mol. The average molecular weight is 266 g/mol. The summed E-state index contributed by atoms with van der Waals surface area (Å²) >= 11 is 1.93. The number of anilines is 2. The highest BCUT2D eigenvalue weighted by molar-refractivity contribution is 7.99. The standard InChI is InChI=1S/C13H18N2O2S/c1-2-17-13(16)11-7-9(14)3-4-12(11)15-10-5-6-18-8-10/h3-4,7,10,15H,2,5-6,8,14H2,1H3. The molecule has 4 nitrogen and oxygen atoms in total. The Balaban J connectivity index is 2.19. The Kier molecular flexibility index (Phi) is 4.36. The zero-order valence-corrected chi connectivity index (χ0v) is 11.3. The minimum atomic E-state index is -0.321. The van der Waals surface area contributed by atoms with E-state index in [0.717, 1.165) is 17.9 Å². The first-order valence-electron chi connectivity index (χ1n) is 6.11. The van der Waals surface area contributed by atoms with Crippen molar-refractivity contribution in [2.75, 3.05) is 29.2 Å². The van der Waals surface area contributed by atoms with Gasteiger partial charge in [0.1, 0.15) is 0 Å². The lowest BCUT2D eigenvalue weighted by atomic mass is 10.1. The molecule has 0 radical (unpaired) electrons. The summed E-state index contributed by atoms with van der Waals surface area (Å²) in [5, 5.41) is 3.40. The first-order chi connectivity index (χ1) is 8.70. The van der Waals surface area contributed by atoms with E-state index in [4.69, 9.17) is 10.5 Å². The van der Waals surface area contributed by atoms with Gasteiger partial charge in [0.05, 0.1) is 12.2 Å². The molecule has 1 aliphatic rings. The number of esters is 1. The normalized spacial score (nSPS) is 18.6. The van der Waals surface area contributed by atoms with Crippen LogP contribution in [0.3, 0.4) is 0 Å². The van der Waals surface area contributed by atoms with E-state index >= 15 is 0 Å². The molecule has 1 unspecified atom stereocenters. The van der Waals surface area contributed by atoms with Crippen molar-refractivity contribution < 1.29 is 9.53 Å². The molecular formula is C13H18N2O2S. The fraction of sp³-hybridized carbons (Fsp3) is 0.462. The van der Waals surface area contributed by atoms with Gasteiger partial charge in [0.2, 0.25) is 0 Å². The number of nitrogens with two attached hydrogens (primary N) is 1. The summed E-state index contributed by atoms with van der Waals surface area (Å²) in [5.74, 6) is 1.92. The molecule has 0 saturated carbocycles. The molecule has 1 aromatic rings. The van der Waals surface area contributed by atoms with Crippen LogP contribution in [0.5, 0.6) is 0 Å². The second-order valence-electron chi connectivity index (χ2n) is 4.23. The maximum Gasteiger partial charge on any atom is 0.340 e. The average Bonchev–Trinajstić information content (AvgIpc) is 2.84. The molecule has 98 valence electrons. The maximum absolute atomic E-state index is 11.9. The number of nitrogen functional groups attached to an aromatic ring is 1. The highest BCUT2D eigenvalue weighted by Gasteiger charge is 2.19. The molecule has 0 spiro atoms. The molecule has 1 fully saturated rings. The van der Waals surface area contributed by atoms with Gasteiger partial charge in [-0.3, -0.25) is 0 Å². The Morgan fingerprint density at radius 3 is 3.11 bits per heavy atom. The van der Waals surface area contributed by atoms with E-state index in [1.54, 1.807) is 19.1 Å². The van der Waals surface area contributed by atoms with Gasteiger partial charge < -0.3 is 15.8 Å². The molecule has 1 saturated heterocycles. The Labute approximate surface area is 111 Å². The van der Waals surface area contributed by atoms with E-state index in [0.29, 0.717) is 23.9 Å². The van der Waals surface area contributed by atoms with E-state index in [1.165, 1.54) is 5.75 Å². The lowest BCUT2D eigenvalue weighted by Gasteiger charge is -2.16. The van der Waals surface area contributed by atoms with Crippen molar-refractivity contribution in [1.82, 2.24) is 0 Å². The van der Waals surface area contributed by atoms with Gasteiger partial charge >= 0.3 is 5.97 Å². The van der Waals surface area contributed by atoms with Gasteiger partial charge in [-0.2, -0.15) is 11.8 Å². The zero-order valence-electron chi connectivity index (χ0n) is 10.4. The van der Waals surface area contributed by atoms with Crippen LogP contribution in [0, 0.1) is 0 Å². The molecule has 2 rings (SSSR count). The SMILES string of the molecule is CCOC(=O)c1cc(N)ccc1NC1CCSC1. The summed E-state index contributed by atoms with van der Waals surface area (Å²) in [6.07, 6.45) is 1.12. The number of rotatable bonds is 4. The third-order valence-corrected chi connectivity index (χ3v) is 3.99. The van der Waals surface area contributed by atoms with Crippen LogP contribution < -0.4 is 11.1 Å². The topological polar surface area (TPSA) is 64.3 Å². The number of benzene rings is 1. The summed E-state index contributed by atoms with van der Waals surface area (Å²) < 4.78 is 5.05. The molecule has 1 heterocycles. The third kappa shape index (κ3) is 3.10. The second-order valence-corrected chi connectivity index (χ2v) is 5.38. The van der Waals surface area contributed by atoms with Gasteiger partial charge in [0, 0.05) is 23.2 Å². The van der Waals surface area contributed by atoms with Crippen LogP contribution in [-0.4, -0.2) is 30.1 Å². The van der Waals surface area contributed by atoms with Crippen LogP contribution in [0.25, 0.3) is 0 Å². The van der Waals surface area contributed by atoms with Crippen molar-refractivity contribution in [2.24, 2.45) is 0 Å². The Morgan fingerprint density at radius 2 is 2.44 bits per heavy atom. The molecule has 3 N–H and O–H groups in total. The van der Waals surface area contributed by atoms with Crippen molar-refractivity contribution in [3.05, 3.63) is 23.8 Å². The summed E-state index contributed by atoms with van der Waals surface area (Å²) in [6, 6.07) is 5.74. The zero-order chi connectivity index (χ0) is 13.0. The van der Waals surface area contributed by atoms with Gasteiger partial charge in [0.25, 0.3) is 0 Å². The molecule has 0 aliphatic carbocycles. The number of carbonyl (C=O) groups is 1. The maximum atomic E-state index is 11.9. The van der Waals surface area contributed by atoms with Gasteiger partial charge in [-0.15, -0.1) is 0 Å². The van der Waals surface area contributed by atoms with Crippen LogP contribution in [0.15, 0.2) is 18.2 Å². The summed E-state index contributed by atoms with van der Waals surface area (Å²) in [6.45, 7) is 2.16. The van der Waals surface area contributed by atoms with E-state index in [-0.39, 0.29) is 5.97 Å². The van der Waals surface area contributed by atoms with Gasteiger partial charge in [-0.25, -0.2) is 4.79 Å². The molecule has 0 aromatic heterocycles. The van der Waals surface area contributed by atoms with E-state index in [2.05, 4.69) is 5.32 Å². The number of nitrogens with one attached hydrogen (secondary N) is 1. The molecule has 1 atom stereocenters. The number of carbonyl (C=O) groups excluding carboxylic acids is 1. The minimum Gasteiger partial charge on any atom is -0.462 e. The molecule has 18 heavy (non-hydrogen) atoms. The van der Waals surface area contributed by atoms with E-state index < -0.39 is 0 Å². The predicted octanol–water partition coefficient (Wildman–Crippen LogP) is 2.36. The summed E-state index contributed by atoms with van der Waals surface area (Å²) in [7, 11) is 0. The first kappa shape index (κ1) is 13.1. The lowest BCUT2D eigenvalue weighted by Crippen LogP contribution is -2.20. The highest BCUT2D eigenvalue weighted by Crippen LogP contribution is 2.25. The van der Waals surface area contributed by atoms with Crippen LogP contribution in [-0.2, 0) is 4.74 Å². The molecule has 0 amide bonds. The first-order valence-corrected chi connectivity index (χ1v) is 7.27. The largest absolute Gasteiger partial charge is 0.462 e. The Morgan fingerprint density at radius 1 is 1.61 bits per heavy atom. The van der Waals surface area contributed by atoms with Crippen molar-refractivity contribution >= 4 is 29.1 Å². The highest BCUT2D eigenvalue weighted by atomic mass is 32.2. The van der Waals surface area contributed by atoms with Crippen molar-refractivity contribution in [3.8, 4) is 0 Å². The summed E-state index contributed by atoms with van der Waals surface area (Å²) in [4.78, 5) is 11.9. The molecule has 1 aromatic carbocycles. The van der Waals surface area contributed by atoms with Crippen LogP contribution in [0.2, 0.25) is 0 Å². The van der Waals surface area contributed by atoms with Crippen molar-refractivity contribution in [3.63, 3.8) is 0 Å². The van der Waals surface area contributed by atoms with Crippen molar-refractivity contribution in [2.45, 2.75) is 19.4 Å². The number of ether oxygens (including phenoxy) is 1. The van der Waals surface area contributed by atoms with Crippen molar-refractivity contribution in [1.29, 1.82) is 0 Å². The number of thioether (sulfide) groups is 1. The molecule has 0 bridgehead atoms. The second kappa shape index (κ2) is 6.00. The summed E-state index contributed by atoms with van der Waals surface area (Å²) in [5.41, 5.74) is 7.64. The smallest absolute Gasteiger partial charge is 0.340 e. The number of hydrogen-bond acceptors (Lipinski definition) is 5. The van der Waals surface area contributed by atoms with E-state index in [1.807, 2.05) is 17.8 Å². The fourth-order valence-corrected chi connectivity index (χ4v) is 3.09.